The van der Waals surface area contributed by atoms with Gasteiger partial charge in [0.1, 0.15) is 5.82 Å². The number of nitrogens with one attached hydrogen (secondary N) is 1. The number of carbonyl (C=O) groups is 2. The molecule has 2 aromatic rings. The molecule has 28 heavy (non-hydrogen) atoms. The second kappa shape index (κ2) is 9.46. The molecular weight excluding hydrogens is 359 g/mol. The van der Waals surface area contributed by atoms with E-state index in [9.17, 15) is 14.0 Å². The van der Waals surface area contributed by atoms with Crippen LogP contribution in [0.15, 0.2) is 48.5 Å². The maximum atomic E-state index is 13.0. The summed E-state index contributed by atoms with van der Waals surface area (Å²) < 4.78 is 18.1. The van der Waals surface area contributed by atoms with E-state index in [1.807, 2.05) is 24.3 Å². The predicted molar refractivity (Wildman–Crippen MR) is 104 cm³/mol. The molecule has 2 aromatic carbocycles. The first-order chi connectivity index (χ1) is 13.6. The van der Waals surface area contributed by atoms with Crippen molar-refractivity contribution in [2.24, 2.45) is 5.92 Å². The molecule has 1 aliphatic heterocycles. The molecular formula is C22H25FN2O3. The van der Waals surface area contributed by atoms with Crippen LogP contribution < -0.4 is 5.32 Å². The molecule has 0 atom stereocenters. The highest BCUT2D eigenvalue weighted by molar-refractivity contribution is 5.94. The Bertz CT molecular complexity index is 815. The molecule has 0 bridgehead atoms. The fraction of sp³-hybridized carbons (Fsp3) is 0.364. The van der Waals surface area contributed by atoms with Gasteiger partial charge in [-0.2, -0.15) is 0 Å². The molecule has 0 radical (unpaired) electrons. The summed E-state index contributed by atoms with van der Waals surface area (Å²) in [6.45, 7) is 2.07. The third kappa shape index (κ3) is 5.16. The van der Waals surface area contributed by atoms with Crippen LogP contribution in [0.2, 0.25) is 0 Å². The van der Waals surface area contributed by atoms with Gasteiger partial charge in [-0.1, -0.05) is 24.3 Å². The first kappa shape index (κ1) is 20.0. The van der Waals surface area contributed by atoms with E-state index in [2.05, 4.69) is 5.32 Å². The van der Waals surface area contributed by atoms with Crippen molar-refractivity contribution in [3.8, 4) is 0 Å². The van der Waals surface area contributed by atoms with E-state index in [1.165, 1.54) is 24.3 Å². The minimum atomic E-state index is -0.361. The van der Waals surface area contributed by atoms with Gasteiger partial charge in [0.05, 0.1) is 6.61 Å². The molecule has 0 spiro atoms. The Morgan fingerprint density at radius 3 is 2.46 bits per heavy atom. The van der Waals surface area contributed by atoms with Gasteiger partial charge < -0.3 is 15.0 Å². The van der Waals surface area contributed by atoms with E-state index in [1.54, 1.807) is 12.0 Å². The molecule has 3 rings (SSSR count). The number of rotatable bonds is 6. The van der Waals surface area contributed by atoms with Crippen molar-refractivity contribution >= 4 is 11.8 Å². The third-order valence-electron chi connectivity index (χ3n) is 5.01. The lowest BCUT2D eigenvalue weighted by atomic mass is 9.95. The molecule has 1 aliphatic rings. The van der Waals surface area contributed by atoms with Gasteiger partial charge in [0.15, 0.2) is 0 Å². The molecule has 1 heterocycles. The number of halogens is 1. The number of benzene rings is 2. The van der Waals surface area contributed by atoms with Crippen molar-refractivity contribution in [1.82, 2.24) is 10.2 Å². The minimum Gasteiger partial charge on any atom is -0.380 e. The Labute approximate surface area is 164 Å². The van der Waals surface area contributed by atoms with Crippen LogP contribution >= 0.6 is 0 Å². The van der Waals surface area contributed by atoms with Crippen molar-refractivity contribution < 1.29 is 18.7 Å². The lowest BCUT2D eigenvalue weighted by Gasteiger charge is -2.31. The Balaban J connectivity index is 1.47. The van der Waals surface area contributed by atoms with Crippen LogP contribution in [0, 0.1) is 11.7 Å². The summed E-state index contributed by atoms with van der Waals surface area (Å²) >= 11 is 0. The maximum Gasteiger partial charge on any atom is 0.253 e. The summed E-state index contributed by atoms with van der Waals surface area (Å²) in [5, 5.41) is 3.00. The highest BCUT2D eigenvalue weighted by Gasteiger charge is 2.27. The van der Waals surface area contributed by atoms with Gasteiger partial charge in [-0.15, -0.1) is 0 Å². The normalized spacial score (nSPS) is 14.7. The largest absolute Gasteiger partial charge is 0.380 e. The van der Waals surface area contributed by atoms with E-state index >= 15 is 0 Å². The molecule has 1 N–H and O–H groups in total. The van der Waals surface area contributed by atoms with Crippen molar-refractivity contribution in [3.05, 3.63) is 71.0 Å². The quantitative estimate of drug-likeness (QED) is 0.832. The van der Waals surface area contributed by atoms with Crippen LogP contribution in [0.5, 0.6) is 0 Å². The zero-order valence-electron chi connectivity index (χ0n) is 16.0. The van der Waals surface area contributed by atoms with E-state index in [-0.39, 0.29) is 23.5 Å². The molecule has 1 saturated heterocycles. The van der Waals surface area contributed by atoms with Crippen molar-refractivity contribution in [3.63, 3.8) is 0 Å². The standard InChI is InChI=1S/C22H25FN2O3/c1-28-15-17-4-2-3-16(13-17)14-24-21(26)18-9-11-25(12-10-18)22(27)19-5-7-20(23)8-6-19/h2-8,13,18H,9-12,14-15H2,1H3,(H,24,26). The highest BCUT2D eigenvalue weighted by Crippen LogP contribution is 2.20. The Morgan fingerprint density at radius 2 is 1.79 bits per heavy atom. The zero-order chi connectivity index (χ0) is 19.9. The average molecular weight is 384 g/mol. The van der Waals surface area contributed by atoms with E-state index in [4.69, 9.17) is 4.74 Å². The van der Waals surface area contributed by atoms with Gasteiger partial charge in [-0.25, -0.2) is 4.39 Å². The summed E-state index contributed by atoms with van der Waals surface area (Å²) in [4.78, 5) is 26.7. The number of methoxy groups -OCH3 is 1. The monoisotopic (exact) mass is 384 g/mol. The summed E-state index contributed by atoms with van der Waals surface area (Å²) in [7, 11) is 1.65. The molecule has 0 aliphatic carbocycles. The molecule has 148 valence electrons. The number of piperidine rings is 1. The van der Waals surface area contributed by atoms with Crippen LogP contribution in [0.3, 0.4) is 0 Å². The fourth-order valence-corrected chi connectivity index (χ4v) is 3.45. The van der Waals surface area contributed by atoms with Crippen molar-refractivity contribution in [1.29, 1.82) is 0 Å². The highest BCUT2D eigenvalue weighted by atomic mass is 19.1. The first-order valence-corrected chi connectivity index (χ1v) is 9.46. The van der Waals surface area contributed by atoms with Crippen LogP contribution in [0.25, 0.3) is 0 Å². The SMILES string of the molecule is COCc1cccc(CNC(=O)C2CCN(C(=O)c3ccc(F)cc3)CC2)c1. The number of nitrogens with zero attached hydrogens (tertiary/aromatic N) is 1. The number of ether oxygens (including phenoxy) is 1. The first-order valence-electron chi connectivity index (χ1n) is 9.46. The van der Waals surface area contributed by atoms with Crippen LogP contribution in [-0.4, -0.2) is 36.9 Å². The van der Waals surface area contributed by atoms with Gasteiger partial charge in [0.2, 0.25) is 5.91 Å². The molecule has 2 amide bonds. The number of likely N-dealkylation sites (tertiary alicyclic amines) is 1. The lowest BCUT2D eigenvalue weighted by Crippen LogP contribution is -2.42. The van der Waals surface area contributed by atoms with E-state index < -0.39 is 0 Å². The van der Waals surface area contributed by atoms with E-state index in [0.29, 0.717) is 44.6 Å². The summed E-state index contributed by atoms with van der Waals surface area (Å²) in [6, 6.07) is 13.5. The Morgan fingerprint density at radius 1 is 1.11 bits per heavy atom. The lowest BCUT2D eigenvalue weighted by molar-refractivity contribution is -0.126. The van der Waals surface area contributed by atoms with Crippen LogP contribution in [0.4, 0.5) is 4.39 Å². The Kier molecular flexibility index (Phi) is 6.76. The molecule has 0 saturated carbocycles. The van der Waals surface area contributed by atoms with Gasteiger partial charge in [-0.05, 0) is 48.2 Å². The van der Waals surface area contributed by atoms with E-state index in [0.717, 1.165) is 11.1 Å². The van der Waals surface area contributed by atoms with Crippen molar-refractivity contribution in [2.45, 2.75) is 26.0 Å². The second-order valence-corrected chi connectivity index (χ2v) is 7.04. The van der Waals surface area contributed by atoms with Gasteiger partial charge in [-0.3, -0.25) is 9.59 Å². The summed E-state index contributed by atoms with van der Waals surface area (Å²) in [5.74, 6) is -0.557. The number of carbonyl (C=O) groups excluding carboxylic acids is 2. The summed E-state index contributed by atoms with van der Waals surface area (Å²) in [5.41, 5.74) is 2.58. The molecule has 0 aromatic heterocycles. The Hall–Kier alpha value is -2.73. The summed E-state index contributed by atoms with van der Waals surface area (Å²) in [6.07, 6.45) is 1.25. The third-order valence-corrected chi connectivity index (χ3v) is 5.01. The van der Waals surface area contributed by atoms with Gasteiger partial charge >= 0.3 is 0 Å². The molecule has 1 fully saturated rings. The molecule has 0 unspecified atom stereocenters. The second-order valence-electron chi connectivity index (χ2n) is 7.04. The van der Waals surface area contributed by atoms with Gasteiger partial charge in [0.25, 0.3) is 5.91 Å². The number of hydrogen-bond acceptors (Lipinski definition) is 3. The average Bonchev–Trinajstić information content (AvgIpc) is 2.73. The number of amides is 2. The number of hydrogen-bond donors (Lipinski definition) is 1. The van der Waals surface area contributed by atoms with Gasteiger partial charge in [0, 0.05) is 38.2 Å². The minimum absolute atomic E-state index is 0.0195. The fourth-order valence-electron chi connectivity index (χ4n) is 3.45. The topological polar surface area (TPSA) is 58.6 Å². The van der Waals surface area contributed by atoms with Crippen molar-refractivity contribution in [2.75, 3.05) is 20.2 Å². The van der Waals surface area contributed by atoms with Crippen LogP contribution in [0.1, 0.15) is 34.3 Å². The molecule has 5 nitrogen and oxygen atoms in total. The molecule has 6 heteroatoms. The zero-order valence-corrected chi connectivity index (χ0v) is 16.0. The predicted octanol–water partition coefficient (Wildman–Crippen LogP) is 3.14. The van der Waals surface area contributed by atoms with Crippen LogP contribution in [-0.2, 0) is 22.7 Å². The maximum absolute atomic E-state index is 13.0. The smallest absolute Gasteiger partial charge is 0.253 e.